The number of carbonyl (C=O) groups is 4. The molecule has 17 rings (SSSR count). The molecule has 0 aliphatic carbocycles. The van der Waals surface area contributed by atoms with Crippen LogP contribution in [-0.4, -0.2) is 159 Å². The maximum absolute atomic E-state index is 13.7. The van der Waals surface area contributed by atoms with Crippen LogP contribution in [0.3, 0.4) is 0 Å². The van der Waals surface area contributed by atoms with Crippen molar-refractivity contribution in [2.24, 2.45) is 11.8 Å². The quantitative estimate of drug-likeness (QED) is 0.0426. The van der Waals surface area contributed by atoms with Gasteiger partial charge in [-0.05, 0) is 242 Å². The van der Waals surface area contributed by atoms with Gasteiger partial charge in [0, 0.05) is 83.8 Å². The van der Waals surface area contributed by atoms with Gasteiger partial charge in [-0.3, -0.25) is 9.59 Å². The number of morpholine rings is 2. The second kappa shape index (κ2) is 42.0. The molecule has 0 saturated carbocycles. The largest absolute Gasteiger partial charge is 0.462 e. The van der Waals surface area contributed by atoms with E-state index in [9.17, 15) is 36.7 Å². The highest BCUT2D eigenvalue weighted by Crippen LogP contribution is 2.40. The van der Waals surface area contributed by atoms with Crippen LogP contribution in [0.15, 0.2) is 209 Å². The number of carbonyl (C=O) groups excluding carboxylic acids is 4. The van der Waals surface area contributed by atoms with E-state index < -0.39 is 0 Å². The molecule has 0 radical (unpaired) electrons. The van der Waals surface area contributed by atoms with Gasteiger partial charge in [-0.2, -0.15) is 0 Å². The Hall–Kier alpha value is -12.8. The van der Waals surface area contributed by atoms with Crippen molar-refractivity contribution in [1.82, 2.24) is 39.9 Å². The minimum Gasteiger partial charge on any atom is -0.462 e. The Morgan fingerprint density at radius 1 is 0.442 bits per heavy atom. The van der Waals surface area contributed by atoms with Gasteiger partial charge in [0.25, 0.3) is 0 Å². The summed E-state index contributed by atoms with van der Waals surface area (Å²) in [5.41, 5.74) is 13.6. The van der Waals surface area contributed by atoms with Crippen molar-refractivity contribution < 1.29 is 64.5 Å². The Morgan fingerprint density at radius 3 is 1.26 bits per heavy atom. The van der Waals surface area contributed by atoms with Crippen LogP contribution in [0, 0.1) is 35.1 Å². The van der Waals surface area contributed by atoms with Crippen molar-refractivity contribution in [1.29, 1.82) is 0 Å². The molecule has 2 saturated heterocycles. The van der Waals surface area contributed by atoms with E-state index >= 15 is 0 Å². The number of fused-ring (bicyclic) bond motifs is 6. The van der Waals surface area contributed by atoms with Crippen molar-refractivity contribution >= 4 is 135 Å². The number of halogens is 4. The Labute approximate surface area is 754 Å². The number of aromatic nitrogens is 8. The average molecular weight is 1780 g/mol. The molecule has 8 heterocycles. The van der Waals surface area contributed by atoms with Crippen LogP contribution in [0.1, 0.15) is 136 Å². The van der Waals surface area contributed by atoms with Crippen LogP contribution in [0.5, 0.6) is 0 Å². The summed E-state index contributed by atoms with van der Waals surface area (Å²) >= 11 is 2.61. The Balaban J connectivity index is 0.000000139. The molecule has 28 heteroatoms. The lowest BCUT2D eigenvalue weighted by Crippen LogP contribution is -2.44. The van der Waals surface area contributed by atoms with Crippen molar-refractivity contribution in [3.63, 3.8) is 0 Å². The molecule has 2 fully saturated rings. The molecule has 0 N–H and O–H groups in total. The highest BCUT2D eigenvalue weighted by Gasteiger charge is 2.30. The lowest BCUT2D eigenvalue weighted by molar-refractivity contribution is 0.0457. The minimum absolute atomic E-state index is 0.0142. The van der Waals surface area contributed by atoms with E-state index in [1.807, 2.05) is 93.2 Å². The molecule has 2 atom stereocenters. The zero-order chi connectivity index (χ0) is 91.3. The normalized spacial score (nSPS) is 14.0. The van der Waals surface area contributed by atoms with Gasteiger partial charge in [0.05, 0.1) is 107 Å². The fourth-order valence-electron chi connectivity index (χ4n) is 14.2. The fraction of sp³-hybridized carbons (Fsp3) is 0.307. The Bertz CT molecular complexity index is 6550. The number of hydrogen-bond donors (Lipinski definition) is 0. The highest BCUT2D eigenvalue weighted by molar-refractivity contribution is 8.14. The maximum Gasteiger partial charge on any atom is 0.338 e. The molecule has 129 heavy (non-hydrogen) atoms. The highest BCUT2D eigenvalue weighted by atomic mass is 32.2. The number of esters is 2. The summed E-state index contributed by atoms with van der Waals surface area (Å²) in [6.07, 6.45) is 1.76. The number of nitrogens with zero attached hydrogens (tertiary/aromatic N) is 12. The number of furan rings is 2. The topological polar surface area (TPSA) is 248 Å². The molecule has 6 aromatic heterocycles. The third-order valence-corrected chi connectivity index (χ3v) is 23.7. The summed E-state index contributed by atoms with van der Waals surface area (Å²) < 4.78 is 88.1. The second-order valence-electron chi connectivity index (χ2n) is 33.1. The predicted octanol–water partition coefficient (Wildman–Crippen LogP) is 22.7. The summed E-state index contributed by atoms with van der Waals surface area (Å²) in [6, 6.07) is 56.5. The molecule has 666 valence electrons. The van der Waals surface area contributed by atoms with Gasteiger partial charge in [-0.25, -0.2) is 67.0 Å². The van der Waals surface area contributed by atoms with Crippen molar-refractivity contribution in [3.8, 4) is 45.4 Å². The second-order valence-corrected chi connectivity index (χ2v) is 35.2. The van der Waals surface area contributed by atoms with E-state index in [2.05, 4.69) is 65.2 Å². The van der Waals surface area contributed by atoms with Gasteiger partial charge < -0.3 is 47.4 Å². The number of rotatable bonds is 23. The maximum atomic E-state index is 13.7. The molecule has 0 unspecified atom stereocenters. The van der Waals surface area contributed by atoms with Crippen LogP contribution in [0.4, 0.5) is 40.8 Å². The molecular formula is C101H102F4N12O10S2. The molecule has 9 aromatic carbocycles. The first kappa shape index (κ1) is 92.4. The zero-order valence-electron chi connectivity index (χ0n) is 74.3. The number of hydrogen-bond acceptors (Lipinski definition) is 24. The third kappa shape index (κ3) is 22.7. The standard InChI is InChI=1S/C28H24FN3O2S.C26H28FN3O2S.C24H26FN3O3.C23H24FN3O3/c1-17(2)32(3)27-26(25-15-20-13-21(29)10-12-24(20)34-25)30-22-11-9-19(14-23(22)31-27)28(33)35-16-18-7-5-4-6-8-18;1-15(2)10-11-33-26(31)17-6-8-20-21(13-17)29-25(30(5)16(3)4)24(28-20)23-14-18-12-19(27)7-9-22(18)32-23;1-15(2)13-31-24(29)18-6-9-20-21(12-18)27-23(28-10-11-30-14-16(28)3)22(26-20)17-4-7-19(25)8-5-17;1-3-11-30-23(28)17-6-9-19-20(13-17)26-22(27-10-12-29-14-15(27)2)21(25-19)16-4-7-18(24)8-5-16/h4-15,17H,16H2,1-3H3;6-9,12-16H,10-11H2,1-5H3;4-9,12,15-16H,10-11,13-14H2,1-3H3;4-9,13,15H,3,10-12,14H2,1-2H3/t;;16-;15-/m..00/s1. The van der Waals surface area contributed by atoms with Gasteiger partial charge >= 0.3 is 11.9 Å². The van der Waals surface area contributed by atoms with Gasteiger partial charge in [-0.15, -0.1) is 0 Å². The lowest BCUT2D eigenvalue weighted by Gasteiger charge is -2.35. The summed E-state index contributed by atoms with van der Waals surface area (Å²) in [5.74, 6) is 3.96. The molecule has 15 aromatic rings. The summed E-state index contributed by atoms with van der Waals surface area (Å²) in [5, 5.41) is 1.36. The Morgan fingerprint density at radius 2 is 0.845 bits per heavy atom. The minimum atomic E-state index is -0.374. The zero-order valence-corrected chi connectivity index (χ0v) is 75.9. The van der Waals surface area contributed by atoms with Gasteiger partial charge in [0.2, 0.25) is 10.2 Å². The number of benzene rings is 9. The van der Waals surface area contributed by atoms with Gasteiger partial charge in [0.1, 0.15) is 57.2 Å². The van der Waals surface area contributed by atoms with Crippen LogP contribution in [0.25, 0.3) is 111 Å². The fourth-order valence-corrected chi connectivity index (χ4v) is 16.1. The number of thioether (sulfide) groups is 2. The van der Waals surface area contributed by atoms with Crippen LogP contribution in [-0.2, 0) is 24.7 Å². The van der Waals surface area contributed by atoms with Crippen molar-refractivity contribution in [3.05, 3.63) is 251 Å². The van der Waals surface area contributed by atoms with Gasteiger partial charge in [-0.1, -0.05) is 88.5 Å². The first-order valence-corrected chi connectivity index (χ1v) is 45.1. The smallest absolute Gasteiger partial charge is 0.338 e. The molecular weight excluding hydrogens is 1680 g/mol. The van der Waals surface area contributed by atoms with Crippen LogP contribution >= 0.6 is 23.5 Å². The van der Waals surface area contributed by atoms with E-state index in [0.29, 0.717) is 210 Å². The molecule has 0 amide bonds. The lowest BCUT2D eigenvalue weighted by atomic mass is 10.1. The average Bonchev–Trinajstić information content (AvgIpc) is 1.76. The molecule has 22 nitrogen and oxygen atoms in total. The SMILES string of the molecule is CC(C)CCSC(=O)c1ccc2nc(-c3cc4cc(F)ccc4o3)c(N(C)C(C)C)nc2c1.CC(C)COC(=O)c1ccc2nc(-c3ccc(F)cc3)c(N3CCOC[C@@H]3C)nc2c1.CC(C)N(C)c1nc2cc(C(=O)SCc3ccccc3)ccc2nc1-c1cc2cc(F)ccc2o1.CCCOC(=O)c1ccc2nc(-c3ccc(F)cc3)c(N3CCOC[C@@H]3C)nc2c1. The van der Waals surface area contributed by atoms with E-state index in [1.165, 1.54) is 72.1 Å². The summed E-state index contributed by atoms with van der Waals surface area (Å²) in [7, 11) is 3.89. The number of ether oxygens (including phenoxy) is 4. The monoisotopic (exact) mass is 1780 g/mol. The summed E-state index contributed by atoms with van der Waals surface area (Å²) in [6.45, 7) is 27.1. The van der Waals surface area contributed by atoms with Gasteiger partial charge in [0.15, 0.2) is 34.8 Å². The van der Waals surface area contributed by atoms with E-state index in [-0.39, 0.29) is 75.5 Å². The predicted molar refractivity (Wildman–Crippen MR) is 506 cm³/mol. The van der Waals surface area contributed by atoms with Crippen molar-refractivity contribution in [2.45, 2.75) is 119 Å². The first-order valence-electron chi connectivity index (χ1n) is 43.2. The summed E-state index contributed by atoms with van der Waals surface area (Å²) in [4.78, 5) is 97.5. The van der Waals surface area contributed by atoms with E-state index in [1.54, 1.807) is 103 Å². The molecule has 0 bridgehead atoms. The molecule has 0 spiro atoms. The molecule has 2 aliphatic heterocycles. The van der Waals surface area contributed by atoms with Crippen molar-refractivity contribution in [2.75, 3.05) is 92.2 Å². The van der Waals surface area contributed by atoms with E-state index in [4.69, 9.17) is 67.7 Å². The molecule has 2 aliphatic rings. The Kier molecular flexibility index (Phi) is 30.1. The number of anilines is 4. The van der Waals surface area contributed by atoms with Crippen LogP contribution < -0.4 is 19.6 Å². The van der Waals surface area contributed by atoms with Crippen LogP contribution in [0.2, 0.25) is 0 Å². The first-order chi connectivity index (χ1) is 62.1. The van der Waals surface area contributed by atoms with E-state index in [0.717, 1.165) is 35.3 Å². The third-order valence-electron chi connectivity index (χ3n) is 21.8.